The van der Waals surface area contributed by atoms with Gasteiger partial charge in [-0.05, 0) is 59.1 Å². The molecule has 0 radical (unpaired) electrons. The van der Waals surface area contributed by atoms with Crippen LogP contribution in [0.5, 0.6) is 0 Å². The Morgan fingerprint density at radius 2 is 1.83 bits per heavy atom. The molecule has 1 aromatic rings. The minimum absolute atomic E-state index is 0.141. The van der Waals surface area contributed by atoms with Crippen LogP contribution in [0.2, 0.25) is 0 Å². The first kappa shape index (κ1) is 25.7. The van der Waals surface area contributed by atoms with Crippen LogP contribution in [0.1, 0.15) is 63.1 Å². The minimum atomic E-state index is -0.616. The number of nitrogens with zero attached hydrogens (tertiary/aromatic N) is 5. The van der Waals surface area contributed by atoms with Crippen LogP contribution in [0, 0.1) is 0 Å². The average molecular weight is 498 g/mol. The van der Waals surface area contributed by atoms with Gasteiger partial charge in [-0.15, -0.1) is 0 Å². The number of rotatable bonds is 4. The number of fused-ring (bicyclic) bond motifs is 1. The molecule has 3 heterocycles. The van der Waals surface area contributed by atoms with Crippen molar-refractivity contribution >= 4 is 18.0 Å². The fraction of sp³-hybridized carbons (Fsp3) is 0.577. The molecular weight excluding hydrogens is 462 g/mol. The van der Waals surface area contributed by atoms with Crippen molar-refractivity contribution in [2.24, 2.45) is 0 Å². The predicted octanol–water partition coefficient (Wildman–Crippen LogP) is 2.87. The van der Waals surface area contributed by atoms with Gasteiger partial charge in [-0.1, -0.05) is 5.57 Å². The third kappa shape index (κ3) is 5.08. The van der Waals surface area contributed by atoms with Crippen LogP contribution in [0.3, 0.4) is 0 Å². The number of methoxy groups -OCH3 is 1. The van der Waals surface area contributed by atoms with Gasteiger partial charge >= 0.3 is 12.1 Å². The molecule has 0 bridgehead atoms. The maximum Gasteiger partial charge on any atom is 0.410 e. The lowest BCUT2D eigenvalue weighted by molar-refractivity contribution is -0.128. The van der Waals surface area contributed by atoms with Gasteiger partial charge in [0.1, 0.15) is 11.9 Å². The molecule has 2 amide bonds. The van der Waals surface area contributed by atoms with Crippen molar-refractivity contribution in [1.29, 1.82) is 0 Å². The second-order valence-electron chi connectivity index (χ2n) is 10.7. The van der Waals surface area contributed by atoms with Gasteiger partial charge in [-0.3, -0.25) is 4.79 Å². The molecule has 0 spiro atoms. The summed E-state index contributed by atoms with van der Waals surface area (Å²) in [6.45, 7) is 9.83. The maximum absolute atomic E-state index is 14.0. The van der Waals surface area contributed by atoms with Gasteiger partial charge in [0.15, 0.2) is 5.69 Å². The minimum Gasteiger partial charge on any atom is -0.464 e. The Morgan fingerprint density at radius 1 is 1.11 bits per heavy atom. The summed E-state index contributed by atoms with van der Waals surface area (Å²) in [7, 11) is 3.08. The number of hydrogen-bond donors (Lipinski definition) is 0. The average Bonchev–Trinajstić information content (AvgIpc) is 3.67. The SMILES string of the molecule is COC(=O)c1cc(C2(N(C)C(=O)C3=C4CN(C(=O)OC(C)(C)C)CCN4CCC(C)=C3)CC2)ncn1. The summed E-state index contributed by atoms with van der Waals surface area (Å²) >= 11 is 0. The molecule has 3 aliphatic rings. The van der Waals surface area contributed by atoms with Crippen molar-refractivity contribution in [3.63, 3.8) is 0 Å². The largest absolute Gasteiger partial charge is 0.464 e. The fourth-order valence-corrected chi connectivity index (χ4v) is 4.70. The van der Waals surface area contributed by atoms with Gasteiger partial charge < -0.3 is 24.2 Å². The highest BCUT2D eigenvalue weighted by Crippen LogP contribution is 2.50. The van der Waals surface area contributed by atoms with E-state index in [0.717, 1.165) is 37.1 Å². The molecule has 10 heteroatoms. The predicted molar refractivity (Wildman–Crippen MR) is 132 cm³/mol. The first-order valence-corrected chi connectivity index (χ1v) is 12.3. The lowest BCUT2D eigenvalue weighted by Gasteiger charge is -2.39. The number of amides is 2. The molecule has 2 aliphatic heterocycles. The Balaban J connectivity index is 1.66. The summed E-state index contributed by atoms with van der Waals surface area (Å²) in [5.74, 6) is -0.686. The number of piperazine rings is 1. The molecule has 194 valence electrons. The summed E-state index contributed by atoms with van der Waals surface area (Å²) in [5.41, 5.74) is 2.08. The number of aromatic nitrogens is 2. The first-order valence-electron chi connectivity index (χ1n) is 12.3. The first-order chi connectivity index (χ1) is 16.9. The van der Waals surface area contributed by atoms with Crippen LogP contribution in [0.25, 0.3) is 0 Å². The van der Waals surface area contributed by atoms with E-state index in [2.05, 4.69) is 14.9 Å². The highest BCUT2D eigenvalue weighted by Gasteiger charge is 2.52. The van der Waals surface area contributed by atoms with Gasteiger partial charge in [-0.2, -0.15) is 0 Å². The Morgan fingerprint density at radius 3 is 2.47 bits per heavy atom. The Bertz CT molecular complexity index is 1130. The van der Waals surface area contributed by atoms with Crippen LogP contribution in [0.4, 0.5) is 4.79 Å². The molecule has 2 fully saturated rings. The number of ether oxygens (including phenoxy) is 2. The quantitative estimate of drug-likeness (QED) is 0.585. The third-order valence-electron chi connectivity index (χ3n) is 6.93. The van der Waals surface area contributed by atoms with Crippen LogP contribution < -0.4 is 0 Å². The highest BCUT2D eigenvalue weighted by molar-refractivity contribution is 5.98. The molecule has 10 nitrogen and oxygen atoms in total. The van der Waals surface area contributed by atoms with Gasteiger partial charge in [-0.25, -0.2) is 19.6 Å². The van der Waals surface area contributed by atoms with Crippen molar-refractivity contribution in [3.05, 3.63) is 46.7 Å². The van der Waals surface area contributed by atoms with Gasteiger partial charge in [0.25, 0.3) is 5.91 Å². The fourth-order valence-electron chi connectivity index (χ4n) is 4.70. The van der Waals surface area contributed by atoms with Crippen LogP contribution >= 0.6 is 0 Å². The summed E-state index contributed by atoms with van der Waals surface area (Å²) in [5, 5.41) is 0. The molecule has 0 unspecified atom stereocenters. The molecule has 1 saturated carbocycles. The summed E-state index contributed by atoms with van der Waals surface area (Å²) < 4.78 is 10.4. The van der Waals surface area contributed by atoms with Crippen LogP contribution in [0.15, 0.2) is 35.3 Å². The molecular formula is C26H35N5O5. The maximum atomic E-state index is 14.0. The normalized spacial score (nSPS) is 19.1. The lowest BCUT2D eigenvalue weighted by Crippen LogP contribution is -2.50. The molecule has 1 aromatic heterocycles. The van der Waals surface area contributed by atoms with Gasteiger partial charge in [0.05, 0.1) is 30.5 Å². The van der Waals surface area contributed by atoms with E-state index in [9.17, 15) is 14.4 Å². The van der Waals surface area contributed by atoms with E-state index in [0.29, 0.717) is 30.9 Å². The van der Waals surface area contributed by atoms with Crippen molar-refractivity contribution in [1.82, 2.24) is 24.7 Å². The van der Waals surface area contributed by atoms with Crippen LogP contribution in [-0.2, 0) is 19.8 Å². The molecule has 0 aromatic carbocycles. The summed E-state index contributed by atoms with van der Waals surface area (Å²) in [6.07, 6.45) is 5.20. The molecule has 0 atom stereocenters. The number of likely N-dealkylation sites (N-methyl/N-ethyl adjacent to an activating group) is 1. The second kappa shape index (κ2) is 9.55. The standard InChI is InChI=1S/C26H35N5O5/c1-17-7-10-30-11-12-31(24(34)36-25(2,3)4)15-20(30)18(13-17)22(32)29(5)26(8-9-26)21-14-19(23(33)35-6)27-16-28-21/h13-14,16H,7-12,15H2,1-6H3. The van der Waals surface area contributed by atoms with Crippen molar-refractivity contribution in [2.45, 2.75) is 58.1 Å². The Kier molecular flexibility index (Phi) is 6.81. The summed E-state index contributed by atoms with van der Waals surface area (Å²) in [6, 6.07) is 1.60. The van der Waals surface area contributed by atoms with E-state index in [1.54, 1.807) is 22.9 Å². The van der Waals surface area contributed by atoms with Crippen molar-refractivity contribution in [2.75, 3.05) is 40.3 Å². The topological polar surface area (TPSA) is 105 Å². The molecule has 1 saturated heterocycles. The number of esters is 1. The third-order valence-corrected chi connectivity index (χ3v) is 6.93. The zero-order chi connectivity index (χ0) is 26.3. The van der Waals surface area contributed by atoms with Crippen molar-refractivity contribution in [3.8, 4) is 0 Å². The van der Waals surface area contributed by atoms with E-state index in [1.165, 1.54) is 13.4 Å². The Hall–Kier alpha value is -3.43. The molecule has 36 heavy (non-hydrogen) atoms. The highest BCUT2D eigenvalue weighted by atomic mass is 16.6. The number of carbonyl (C=O) groups is 3. The van der Waals surface area contributed by atoms with E-state index in [-0.39, 0.29) is 17.7 Å². The number of carbonyl (C=O) groups excluding carboxylic acids is 3. The molecule has 0 N–H and O–H groups in total. The molecule has 1 aliphatic carbocycles. The number of hydrogen-bond acceptors (Lipinski definition) is 8. The van der Waals surface area contributed by atoms with E-state index >= 15 is 0 Å². The zero-order valence-corrected chi connectivity index (χ0v) is 22.0. The van der Waals surface area contributed by atoms with E-state index in [1.807, 2.05) is 33.8 Å². The van der Waals surface area contributed by atoms with Gasteiger partial charge in [0, 0.05) is 32.4 Å². The molecule has 4 rings (SSSR count). The van der Waals surface area contributed by atoms with E-state index < -0.39 is 17.1 Å². The van der Waals surface area contributed by atoms with Crippen molar-refractivity contribution < 1.29 is 23.9 Å². The smallest absolute Gasteiger partial charge is 0.410 e. The van der Waals surface area contributed by atoms with E-state index in [4.69, 9.17) is 9.47 Å². The van der Waals surface area contributed by atoms with Crippen LogP contribution in [-0.4, -0.2) is 88.6 Å². The lowest BCUT2D eigenvalue weighted by atomic mass is 10.0. The Labute approximate surface area is 211 Å². The summed E-state index contributed by atoms with van der Waals surface area (Å²) in [4.78, 5) is 52.8. The van der Waals surface area contributed by atoms with Gasteiger partial charge in [0.2, 0.25) is 0 Å². The monoisotopic (exact) mass is 497 g/mol. The zero-order valence-electron chi connectivity index (χ0n) is 22.0. The second-order valence-corrected chi connectivity index (χ2v) is 10.7.